The molecule has 3 nitrogen and oxygen atoms in total. The summed E-state index contributed by atoms with van der Waals surface area (Å²) >= 11 is 0. The summed E-state index contributed by atoms with van der Waals surface area (Å²) in [6.07, 6.45) is 0. The van der Waals surface area contributed by atoms with E-state index in [0.29, 0.717) is 39.0 Å². The molecule has 0 unspecified atom stereocenters. The molecule has 256 valence electrons. The van der Waals surface area contributed by atoms with Gasteiger partial charge >= 0.3 is 0 Å². The third kappa shape index (κ3) is 5.28. The van der Waals surface area contributed by atoms with Crippen LogP contribution in [0.3, 0.4) is 0 Å². The van der Waals surface area contributed by atoms with Crippen LogP contribution in [0.25, 0.3) is 110 Å². The summed E-state index contributed by atoms with van der Waals surface area (Å²) in [4.78, 5) is 10.1. The summed E-state index contributed by atoms with van der Waals surface area (Å²) in [5.74, 6) is 0.255. The lowest BCUT2D eigenvalue weighted by Crippen LogP contribution is -1.96. The molecule has 0 aliphatic heterocycles. The van der Waals surface area contributed by atoms with Gasteiger partial charge in [0.1, 0.15) is 11.2 Å². The Morgan fingerprint density at radius 1 is 0.382 bits per heavy atom. The zero-order valence-electron chi connectivity index (χ0n) is 39.0. The van der Waals surface area contributed by atoms with Crippen LogP contribution in [0.5, 0.6) is 0 Å². The molecule has 55 heavy (non-hydrogen) atoms. The van der Waals surface area contributed by atoms with E-state index in [9.17, 15) is 1.37 Å². The second-order valence-corrected chi connectivity index (χ2v) is 13.4. The van der Waals surface area contributed by atoms with Crippen molar-refractivity contribution in [1.82, 2.24) is 9.97 Å². The van der Waals surface area contributed by atoms with Gasteiger partial charge in [-0.1, -0.05) is 164 Å². The average molecular weight is 711 g/mol. The number of hydrogen-bond donors (Lipinski definition) is 0. The Labute approximate surface area is 331 Å². The number of para-hydroxylation sites is 1. The van der Waals surface area contributed by atoms with Crippen molar-refractivity contribution in [3.8, 4) is 56.2 Å². The number of hydrogen-bond acceptors (Lipinski definition) is 3. The zero-order chi connectivity index (χ0) is 45.0. The van der Waals surface area contributed by atoms with Crippen molar-refractivity contribution in [2.75, 3.05) is 0 Å². The molecule has 0 bridgehead atoms. The fraction of sp³-hybridized carbons (Fsp3) is 0. The number of benzene rings is 9. The molecule has 0 aliphatic rings. The highest BCUT2D eigenvalue weighted by atomic mass is 16.3. The Morgan fingerprint density at radius 2 is 0.982 bits per heavy atom. The van der Waals surface area contributed by atoms with Gasteiger partial charge in [-0.05, 0) is 84.9 Å². The maximum atomic E-state index is 10.1. The van der Waals surface area contributed by atoms with Gasteiger partial charge in [0, 0.05) is 27.5 Å². The molecule has 0 N–H and O–H groups in total. The minimum atomic E-state index is -0.477. The molecule has 0 amide bonds. The predicted octanol–water partition coefficient (Wildman–Crippen LogP) is 14.2. The highest BCUT2D eigenvalue weighted by Gasteiger charge is 2.19. The van der Waals surface area contributed by atoms with Crippen LogP contribution in [-0.2, 0) is 0 Å². The number of furan rings is 1. The van der Waals surface area contributed by atoms with E-state index in [-0.39, 0.29) is 63.7 Å². The van der Waals surface area contributed by atoms with Crippen LogP contribution in [0, 0.1) is 0 Å². The molecule has 3 heteroatoms. The van der Waals surface area contributed by atoms with Crippen LogP contribution in [0.2, 0.25) is 0 Å². The third-order valence-electron chi connectivity index (χ3n) is 10.2. The quantitative estimate of drug-likeness (QED) is 0.167. The smallest absolute Gasteiger partial charge is 0.160 e. The Hall–Kier alpha value is -7.36. The summed E-state index contributed by atoms with van der Waals surface area (Å²) in [6, 6.07) is 38.9. The molecule has 0 saturated carbocycles. The van der Waals surface area contributed by atoms with Gasteiger partial charge in [0.05, 0.1) is 25.1 Å². The van der Waals surface area contributed by atoms with Crippen LogP contribution >= 0.6 is 0 Å². The van der Waals surface area contributed by atoms with Crippen LogP contribution in [0.4, 0.5) is 0 Å². The van der Waals surface area contributed by atoms with Crippen molar-refractivity contribution in [3.05, 3.63) is 194 Å². The minimum absolute atomic E-state index is 0.0411. The Kier molecular flexibility index (Phi) is 5.21. The summed E-state index contributed by atoms with van der Waals surface area (Å²) in [7, 11) is 0. The zero-order valence-corrected chi connectivity index (χ0v) is 29.0. The molecule has 2 aromatic heterocycles. The van der Waals surface area contributed by atoms with Gasteiger partial charge in [-0.2, -0.15) is 0 Å². The summed E-state index contributed by atoms with van der Waals surface area (Å²) < 4.78 is 93.2. The molecule has 0 spiro atoms. The van der Waals surface area contributed by atoms with Gasteiger partial charge < -0.3 is 4.42 Å². The standard InChI is InChI=1S/C52H32N2O/c1-3-13-33(14-4-1)34-23-25-36(26-24-34)52-53-47(35-15-5-2-6-16-35)32-48(54-52)46-30-38(31-50-51(46)44-21-11-12-22-49(44)55-50)37-27-28-43-41-19-8-7-17-39(41)40-18-9-10-20-42(40)45(43)29-37/h1-32H/i1D,3D,4D,11D,12D,13D,14D,21D,22D,30D. The van der Waals surface area contributed by atoms with Crippen molar-refractivity contribution < 1.29 is 18.1 Å². The van der Waals surface area contributed by atoms with Crippen molar-refractivity contribution in [3.63, 3.8) is 0 Å². The topological polar surface area (TPSA) is 38.9 Å². The predicted molar refractivity (Wildman–Crippen MR) is 229 cm³/mol. The molecule has 0 saturated heterocycles. The average Bonchev–Trinajstić information content (AvgIpc) is 3.73. The molecule has 2 heterocycles. The van der Waals surface area contributed by atoms with Crippen LogP contribution in [0.15, 0.2) is 198 Å². The first-order chi connectivity index (χ1) is 31.4. The van der Waals surface area contributed by atoms with E-state index in [1.54, 1.807) is 36.4 Å². The molecular formula is C52H32N2O. The first-order valence-corrected chi connectivity index (χ1v) is 17.8. The Morgan fingerprint density at radius 3 is 1.73 bits per heavy atom. The molecule has 9 aromatic carbocycles. The molecule has 0 fully saturated rings. The van der Waals surface area contributed by atoms with E-state index >= 15 is 0 Å². The highest BCUT2D eigenvalue weighted by Crippen LogP contribution is 2.43. The number of rotatable bonds is 5. The van der Waals surface area contributed by atoms with Gasteiger partial charge in [0.15, 0.2) is 5.82 Å². The SMILES string of the molecule is [2H]c1c([2H])c([2H])c(-c2ccc(-c3nc(-c4ccccc4)cc(-c4c([2H])c(-c5ccc6c7ccccc7c7ccccc7c6c5)cc5oc6c([2H])c([2H])c([2H])c([2H])c6c45)n3)cc2)c([2H])c1[2H]. The Bertz CT molecular complexity index is 3770. The van der Waals surface area contributed by atoms with Crippen molar-refractivity contribution in [2.24, 2.45) is 0 Å². The highest BCUT2D eigenvalue weighted by molar-refractivity contribution is 6.26. The number of aromatic nitrogens is 2. The first kappa shape index (κ1) is 22.7. The molecule has 0 atom stereocenters. The number of nitrogens with zero attached hydrogens (tertiary/aromatic N) is 2. The van der Waals surface area contributed by atoms with E-state index in [1.807, 2.05) is 60.7 Å². The lowest BCUT2D eigenvalue weighted by atomic mass is 9.91. The molecule has 0 aliphatic carbocycles. The van der Waals surface area contributed by atoms with Crippen LogP contribution < -0.4 is 0 Å². The number of fused-ring (bicyclic) bond motifs is 9. The van der Waals surface area contributed by atoms with E-state index in [2.05, 4.69) is 36.4 Å². The molecule has 0 radical (unpaired) electrons. The van der Waals surface area contributed by atoms with Crippen molar-refractivity contribution >= 4 is 54.3 Å². The van der Waals surface area contributed by atoms with Gasteiger partial charge in [-0.25, -0.2) is 9.97 Å². The van der Waals surface area contributed by atoms with E-state index < -0.39 is 30.2 Å². The minimum Gasteiger partial charge on any atom is -0.456 e. The summed E-state index contributed by atoms with van der Waals surface area (Å²) in [5, 5.41) is 6.85. The maximum Gasteiger partial charge on any atom is 0.160 e. The largest absolute Gasteiger partial charge is 0.456 e. The van der Waals surface area contributed by atoms with Gasteiger partial charge in [-0.3, -0.25) is 0 Å². The van der Waals surface area contributed by atoms with E-state index in [4.69, 9.17) is 26.7 Å². The van der Waals surface area contributed by atoms with Crippen LogP contribution in [-0.4, -0.2) is 9.97 Å². The summed E-state index contributed by atoms with van der Waals surface area (Å²) in [5.41, 5.74) is 4.26. The van der Waals surface area contributed by atoms with Gasteiger partial charge in [0.2, 0.25) is 0 Å². The normalized spacial score (nSPS) is 14.2. The van der Waals surface area contributed by atoms with Crippen molar-refractivity contribution in [1.29, 1.82) is 0 Å². The lowest BCUT2D eigenvalue weighted by Gasteiger charge is -2.14. The first-order valence-electron chi connectivity index (χ1n) is 22.8. The molecule has 11 aromatic rings. The van der Waals surface area contributed by atoms with E-state index in [0.717, 1.165) is 37.9 Å². The monoisotopic (exact) mass is 710 g/mol. The van der Waals surface area contributed by atoms with Gasteiger partial charge in [-0.15, -0.1) is 0 Å². The lowest BCUT2D eigenvalue weighted by molar-refractivity contribution is 0.669. The van der Waals surface area contributed by atoms with E-state index in [1.165, 1.54) is 0 Å². The second-order valence-electron chi connectivity index (χ2n) is 13.4. The summed E-state index contributed by atoms with van der Waals surface area (Å²) in [6.45, 7) is 0. The Balaban J connectivity index is 1.19. The third-order valence-corrected chi connectivity index (χ3v) is 10.2. The molecule has 11 rings (SSSR count). The van der Waals surface area contributed by atoms with Gasteiger partial charge in [0.25, 0.3) is 0 Å². The van der Waals surface area contributed by atoms with Crippen molar-refractivity contribution in [2.45, 2.75) is 0 Å². The second kappa shape index (κ2) is 12.6. The fourth-order valence-electron chi connectivity index (χ4n) is 7.62. The fourth-order valence-corrected chi connectivity index (χ4v) is 7.62. The molecular weight excluding hydrogens is 669 g/mol. The maximum absolute atomic E-state index is 10.1. The van der Waals surface area contributed by atoms with Crippen LogP contribution in [0.1, 0.15) is 13.7 Å².